The van der Waals surface area contributed by atoms with Gasteiger partial charge in [0.2, 0.25) is 0 Å². The standard InChI is InChI=1S/C13H14N4/c1-8-5-4-6-11(7-8)13-15-14-12-9(2)10(3)16-17(12)13/h4-7,16H,1-3H3. The molecule has 0 saturated carbocycles. The molecule has 86 valence electrons. The largest absolute Gasteiger partial charge is 0.295 e. The summed E-state index contributed by atoms with van der Waals surface area (Å²) >= 11 is 0. The number of hydrogen-bond donors (Lipinski definition) is 1. The molecule has 0 aliphatic rings. The molecule has 17 heavy (non-hydrogen) atoms. The molecular formula is C13H14N4. The Hall–Kier alpha value is -2.10. The van der Waals surface area contributed by atoms with Gasteiger partial charge in [0.15, 0.2) is 11.5 Å². The van der Waals surface area contributed by atoms with Crippen molar-refractivity contribution in [1.82, 2.24) is 19.8 Å². The first-order valence-electron chi connectivity index (χ1n) is 5.64. The number of nitrogens with one attached hydrogen (secondary N) is 1. The minimum atomic E-state index is 0.861. The van der Waals surface area contributed by atoms with Crippen LogP contribution in [0.4, 0.5) is 0 Å². The molecule has 0 unspecified atom stereocenters. The summed E-state index contributed by atoms with van der Waals surface area (Å²) in [6.07, 6.45) is 0. The van der Waals surface area contributed by atoms with Crippen LogP contribution in [0.1, 0.15) is 16.8 Å². The molecule has 0 radical (unpaired) electrons. The average molecular weight is 226 g/mol. The molecule has 3 aromatic rings. The Bertz CT molecular complexity index is 691. The molecule has 4 nitrogen and oxygen atoms in total. The Balaban J connectivity index is 2.27. The zero-order chi connectivity index (χ0) is 12.0. The third-order valence-electron chi connectivity index (χ3n) is 3.12. The first kappa shape index (κ1) is 10.1. The lowest BCUT2D eigenvalue weighted by atomic mass is 10.1. The van der Waals surface area contributed by atoms with Crippen molar-refractivity contribution in [2.24, 2.45) is 0 Å². The van der Waals surface area contributed by atoms with E-state index in [1.807, 2.05) is 17.5 Å². The number of H-pyrrole nitrogens is 1. The Morgan fingerprint density at radius 3 is 2.71 bits per heavy atom. The number of aromatic nitrogens is 4. The monoisotopic (exact) mass is 226 g/mol. The Labute approximate surface area is 99.3 Å². The van der Waals surface area contributed by atoms with Crippen LogP contribution < -0.4 is 0 Å². The zero-order valence-corrected chi connectivity index (χ0v) is 10.2. The molecule has 0 atom stereocenters. The number of aryl methyl sites for hydroxylation is 3. The normalized spacial score (nSPS) is 11.2. The minimum absolute atomic E-state index is 0.861. The van der Waals surface area contributed by atoms with E-state index in [1.54, 1.807) is 0 Å². The predicted molar refractivity (Wildman–Crippen MR) is 67.0 cm³/mol. The fourth-order valence-electron chi connectivity index (χ4n) is 2.02. The molecule has 2 heterocycles. The third-order valence-corrected chi connectivity index (χ3v) is 3.12. The van der Waals surface area contributed by atoms with Crippen molar-refractivity contribution in [2.75, 3.05) is 0 Å². The molecule has 2 aromatic heterocycles. The average Bonchev–Trinajstić information content (AvgIpc) is 2.82. The first-order valence-corrected chi connectivity index (χ1v) is 5.64. The van der Waals surface area contributed by atoms with E-state index in [-0.39, 0.29) is 0 Å². The van der Waals surface area contributed by atoms with Crippen molar-refractivity contribution in [3.05, 3.63) is 41.1 Å². The van der Waals surface area contributed by atoms with Gasteiger partial charge in [0.25, 0.3) is 0 Å². The van der Waals surface area contributed by atoms with Crippen molar-refractivity contribution >= 4 is 5.65 Å². The van der Waals surface area contributed by atoms with Gasteiger partial charge < -0.3 is 0 Å². The van der Waals surface area contributed by atoms with Gasteiger partial charge in [-0.2, -0.15) is 0 Å². The molecule has 0 amide bonds. The summed E-state index contributed by atoms with van der Waals surface area (Å²) < 4.78 is 1.94. The maximum atomic E-state index is 4.25. The van der Waals surface area contributed by atoms with Crippen molar-refractivity contribution in [3.8, 4) is 11.4 Å². The van der Waals surface area contributed by atoms with Crippen LogP contribution in [0.2, 0.25) is 0 Å². The number of nitrogens with zero attached hydrogens (tertiary/aromatic N) is 3. The number of fused-ring (bicyclic) bond motifs is 1. The van der Waals surface area contributed by atoms with Crippen molar-refractivity contribution in [2.45, 2.75) is 20.8 Å². The molecule has 0 aliphatic heterocycles. The summed E-state index contributed by atoms with van der Waals surface area (Å²) in [7, 11) is 0. The second-order valence-electron chi connectivity index (χ2n) is 4.41. The van der Waals surface area contributed by atoms with Crippen LogP contribution in [-0.4, -0.2) is 19.8 Å². The van der Waals surface area contributed by atoms with E-state index < -0.39 is 0 Å². The molecule has 4 heteroatoms. The van der Waals surface area contributed by atoms with E-state index >= 15 is 0 Å². The van der Waals surface area contributed by atoms with E-state index in [1.165, 1.54) is 5.56 Å². The van der Waals surface area contributed by atoms with E-state index in [0.29, 0.717) is 0 Å². The zero-order valence-electron chi connectivity index (χ0n) is 10.2. The number of hydrogen-bond acceptors (Lipinski definition) is 2. The molecule has 0 spiro atoms. The van der Waals surface area contributed by atoms with E-state index in [0.717, 1.165) is 28.3 Å². The van der Waals surface area contributed by atoms with Crippen LogP contribution in [0.3, 0.4) is 0 Å². The SMILES string of the molecule is Cc1cccc(-c2nnc3c(C)c(C)[nH]n23)c1. The molecule has 0 aliphatic carbocycles. The van der Waals surface area contributed by atoms with Crippen LogP contribution in [0.5, 0.6) is 0 Å². The van der Waals surface area contributed by atoms with Crippen LogP contribution in [0, 0.1) is 20.8 Å². The molecule has 0 bridgehead atoms. The summed E-state index contributed by atoms with van der Waals surface area (Å²) in [5, 5.41) is 11.8. The summed E-state index contributed by atoms with van der Waals surface area (Å²) in [5.41, 5.74) is 5.48. The van der Waals surface area contributed by atoms with Gasteiger partial charge >= 0.3 is 0 Å². The molecule has 0 fully saturated rings. The molecule has 1 N–H and O–H groups in total. The maximum absolute atomic E-state index is 4.25. The van der Waals surface area contributed by atoms with Crippen LogP contribution in [0.15, 0.2) is 24.3 Å². The van der Waals surface area contributed by atoms with Gasteiger partial charge in [-0.3, -0.25) is 5.10 Å². The number of rotatable bonds is 1. The van der Waals surface area contributed by atoms with Crippen LogP contribution in [-0.2, 0) is 0 Å². The molecule has 3 rings (SSSR count). The quantitative estimate of drug-likeness (QED) is 0.693. The first-order chi connectivity index (χ1) is 8.16. The lowest BCUT2D eigenvalue weighted by molar-refractivity contribution is 0.936. The van der Waals surface area contributed by atoms with Crippen molar-refractivity contribution in [1.29, 1.82) is 0 Å². The van der Waals surface area contributed by atoms with Gasteiger partial charge in [-0.1, -0.05) is 23.8 Å². The van der Waals surface area contributed by atoms with Gasteiger partial charge in [0, 0.05) is 16.8 Å². The number of benzene rings is 1. The van der Waals surface area contributed by atoms with Crippen LogP contribution in [0.25, 0.3) is 17.0 Å². The maximum Gasteiger partial charge on any atom is 0.183 e. The highest BCUT2D eigenvalue weighted by Gasteiger charge is 2.13. The fraction of sp³-hybridized carbons (Fsp3) is 0.231. The number of aromatic amines is 1. The summed E-state index contributed by atoms with van der Waals surface area (Å²) in [5.74, 6) is 0.861. The third kappa shape index (κ3) is 1.45. The minimum Gasteiger partial charge on any atom is -0.295 e. The highest BCUT2D eigenvalue weighted by molar-refractivity contribution is 5.62. The van der Waals surface area contributed by atoms with Gasteiger partial charge in [-0.25, -0.2) is 4.52 Å². The second-order valence-corrected chi connectivity index (χ2v) is 4.41. The van der Waals surface area contributed by atoms with Gasteiger partial charge in [0.05, 0.1) is 0 Å². The Morgan fingerprint density at radius 1 is 1.12 bits per heavy atom. The van der Waals surface area contributed by atoms with E-state index in [9.17, 15) is 0 Å². The van der Waals surface area contributed by atoms with E-state index in [4.69, 9.17) is 0 Å². The van der Waals surface area contributed by atoms with Crippen LogP contribution >= 0.6 is 0 Å². The lowest BCUT2D eigenvalue weighted by Gasteiger charge is -1.99. The molecular weight excluding hydrogens is 212 g/mol. The smallest absolute Gasteiger partial charge is 0.183 e. The topological polar surface area (TPSA) is 46.0 Å². The highest BCUT2D eigenvalue weighted by atomic mass is 15.4. The van der Waals surface area contributed by atoms with Crippen molar-refractivity contribution < 1.29 is 0 Å². The second kappa shape index (κ2) is 3.45. The molecule has 1 aromatic carbocycles. The Morgan fingerprint density at radius 2 is 1.94 bits per heavy atom. The highest BCUT2D eigenvalue weighted by Crippen LogP contribution is 2.21. The molecule has 0 saturated heterocycles. The van der Waals surface area contributed by atoms with Gasteiger partial charge in [-0.15, -0.1) is 10.2 Å². The van der Waals surface area contributed by atoms with Crippen molar-refractivity contribution in [3.63, 3.8) is 0 Å². The van der Waals surface area contributed by atoms with E-state index in [2.05, 4.69) is 47.3 Å². The summed E-state index contributed by atoms with van der Waals surface area (Å²) in [4.78, 5) is 0. The summed E-state index contributed by atoms with van der Waals surface area (Å²) in [6, 6.07) is 8.28. The van der Waals surface area contributed by atoms with Gasteiger partial charge in [0.1, 0.15) is 0 Å². The van der Waals surface area contributed by atoms with Gasteiger partial charge in [-0.05, 0) is 26.8 Å². The summed E-state index contributed by atoms with van der Waals surface area (Å²) in [6.45, 7) is 6.17. The Kier molecular flexibility index (Phi) is 2.04. The fourth-order valence-corrected chi connectivity index (χ4v) is 2.02. The predicted octanol–water partition coefficient (Wildman–Crippen LogP) is 2.65. The lowest BCUT2D eigenvalue weighted by Crippen LogP contribution is -1.90.